The number of nitrogens with one attached hydrogen (secondary N) is 1. The number of carbonyl (C=O) groups excluding carboxylic acids is 1. The highest BCUT2D eigenvalue weighted by Crippen LogP contribution is 2.11. The van der Waals surface area contributed by atoms with Gasteiger partial charge >= 0.3 is 0 Å². The number of amides is 1. The molecule has 1 aliphatic rings. The molecule has 0 unspecified atom stereocenters. The van der Waals surface area contributed by atoms with Crippen LogP contribution in [0, 0.1) is 12.8 Å². The van der Waals surface area contributed by atoms with E-state index < -0.39 is 0 Å². The van der Waals surface area contributed by atoms with Crippen LogP contribution in [0.15, 0.2) is 24.3 Å². The summed E-state index contributed by atoms with van der Waals surface area (Å²) in [5.74, 6) is 0.661. The third-order valence-electron chi connectivity index (χ3n) is 3.00. The number of rotatable bonds is 3. The minimum atomic E-state index is 0.0366. The Hall–Kier alpha value is -1.35. The van der Waals surface area contributed by atoms with Crippen LogP contribution < -0.4 is 5.32 Å². The molecule has 1 aromatic carbocycles. The van der Waals surface area contributed by atoms with Gasteiger partial charge in [-0.3, -0.25) is 4.79 Å². The second-order valence-corrected chi connectivity index (χ2v) is 4.66. The van der Waals surface area contributed by atoms with E-state index in [4.69, 9.17) is 0 Å². The van der Waals surface area contributed by atoms with Crippen LogP contribution in [-0.4, -0.2) is 37.5 Å². The average molecular weight is 248 g/mol. The second-order valence-electron chi connectivity index (χ2n) is 4.66. The van der Waals surface area contributed by atoms with Crippen molar-refractivity contribution in [3.63, 3.8) is 0 Å². The van der Waals surface area contributed by atoms with Gasteiger partial charge in [-0.2, -0.15) is 0 Å². The first kappa shape index (κ1) is 14.7. The van der Waals surface area contributed by atoms with E-state index in [1.165, 1.54) is 5.56 Å². The quantitative estimate of drug-likeness (QED) is 0.890. The van der Waals surface area contributed by atoms with Crippen molar-refractivity contribution in [3.05, 3.63) is 35.4 Å². The fourth-order valence-electron chi connectivity index (χ4n) is 2.00. The van der Waals surface area contributed by atoms with Gasteiger partial charge in [-0.25, -0.2) is 0 Å². The van der Waals surface area contributed by atoms with Gasteiger partial charge in [-0.05, 0) is 26.1 Å². The van der Waals surface area contributed by atoms with Crippen LogP contribution in [0.2, 0.25) is 0 Å². The zero-order chi connectivity index (χ0) is 13.5. The van der Waals surface area contributed by atoms with Gasteiger partial charge in [0.1, 0.15) is 0 Å². The van der Waals surface area contributed by atoms with Crippen LogP contribution >= 0.6 is 0 Å². The van der Waals surface area contributed by atoms with Gasteiger partial charge < -0.3 is 10.2 Å². The first-order valence-corrected chi connectivity index (χ1v) is 6.68. The average Bonchev–Trinajstić information content (AvgIpc) is 2.36. The smallest absolute Gasteiger partial charge is 0.251 e. The summed E-state index contributed by atoms with van der Waals surface area (Å²) in [6, 6.07) is 7.67. The zero-order valence-electron chi connectivity index (χ0n) is 11.9. The molecule has 0 bridgehead atoms. The first-order valence-electron chi connectivity index (χ1n) is 6.68. The molecule has 1 aromatic rings. The molecule has 100 valence electrons. The minimum Gasteiger partial charge on any atom is -0.352 e. The third kappa shape index (κ3) is 4.15. The highest BCUT2D eigenvalue weighted by Gasteiger charge is 2.23. The number of benzene rings is 1. The topological polar surface area (TPSA) is 32.3 Å². The lowest BCUT2D eigenvalue weighted by Crippen LogP contribution is -2.49. The maximum Gasteiger partial charge on any atom is 0.251 e. The molecule has 0 spiro atoms. The fourth-order valence-corrected chi connectivity index (χ4v) is 2.00. The van der Waals surface area contributed by atoms with E-state index in [9.17, 15) is 4.79 Å². The van der Waals surface area contributed by atoms with Crippen molar-refractivity contribution in [2.75, 3.05) is 26.7 Å². The molecule has 0 aliphatic carbocycles. The Bertz CT molecular complexity index is 367. The summed E-state index contributed by atoms with van der Waals surface area (Å²) in [4.78, 5) is 14.0. The Morgan fingerprint density at radius 2 is 1.83 bits per heavy atom. The second kappa shape index (κ2) is 7.17. The zero-order valence-corrected chi connectivity index (χ0v) is 11.9. The van der Waals surface area contributed by atoms with Crippen molar-refractivity contribution in [2.45, 2.75) is 20.8 Å². The van der Waals surface area contributed by atoms with Gasteiger partial charge in [0.2, 0.25) is 0 Å². The minimum absolute atomic E-state index is 0.0366. The van der Waals surface area contributed by atoms with E-state index in [1.807, 2.05) is 45.0 Å². The Labute approximate surface area is 110 Å². The number of hydrogen-bond acceptors (Lipinski definition) is 2. The fraction of sp³-hybridized carbons (Fsp3) is 0.533. The van der Waals surface area contributed by atoms with Crippen LogP contribution in [0.3, 0.4) is 0 Å². The highest BCUT2D eigenvalue weighted by atomic mass is 16.1. The molecule has 18 heavy (non-hydrogen) atoms. The lowest BCUT2D eigenvalue weighted by molar-refractivity contribution is 0.0898. The maximum absolute atomic E-state index is 11.8. The first-order chi connectivity index (χ1) is 8.65. The van der Waals surface area contributed by atoms with E-state index in [0.717, 1.165) is 25.2 Å². The van der Waals surface area contributed by atoms with Gasteiger partial charge in [-0.15, -0.1) is 0 Å². The normalized spacial score (nSPS) is 15.3. The van der Waals surface area contributed by atoms with Gasteiger partial charge in [0.25, 0.3) is 5.91 Å². The third-order valence-corrected chi connectivity index (χ3v) is 3.00. The van der Waals surface area contributed by atoms with Crippen molar-refractivity contribution in [2.24, 2.45) is 5.92 Å². The number of likely N-dealkylation sites (tertiary alicyclic amines) is 1. The summed E-state index contributed by atoms with van der Waals surface area (Å²) in [7, 11) is 2.10. The Morgan fingerprint density at radius 3 is 2.33 bits per heavy atom. The monoisotopic (exact) mass is 248 g/mol. The summed E-state index contributed by atoms with van der Waals surface area (Å²) in [5.41, 5.74) is 1.93. The summed E-state index contributed by atoms with van der Waals surface area (Å²) in [6.07, 6.45) is 0. The van der Waals surface area contributed by atoms with Crippen molar-refractivity contribution < 1.29 is 4.79 Å². The van der Waals surface area contributed by atoms with E-state index in [-0.39, 0.29) is 5.91 Å². The molecule has 3 heteroatoms. The molecule has 1 saturated heterocycles. The van der Waals surface area contributed by atoms with E-state index >= 15 is 0 Å². The largest absolute Gasteiger partial charge is 0.352 e. The molecular formula is C15H24N2O. The standard InChI is InChI=1S/C13H18N2O.C2H6/c1-10-3-5-12(6-4-10)13(16)14-7-11-8-15(2)9-11;1-2/h3-6,11H,7-9H2,1-2H3,(H,14,16);1-2H3. The molecule has 0 radical (unpaired) electrons. The molecular weight excluding hydrogens is 224 g/mol. The predicted octanol–water partition coefficient (Wildman–Crippen LogP) is 2.31. The van der Waals surface area contributed by atoms with E-state index in [2.05, 4.69) is 17.3 Å². The molecule has 1 amide bonds. The molecule has 0 aromatic heterocycles. The molecule has 3 nitrogen and oxygen atoms in total. The Morgan fingerprint density at radius 1 is 1.28 bits per heavy atom. The summed E-state index contributed by atoms with van der Waals surface area (Å²) in [5, 5.41) is 2.98. The van der Waals surface area contributed by atoms with Crippen molar-refractivity contribution in [3.8, 4) is 0 Å². The van der Waals surface area contributed by atoms with Crippen molar-refractivity contribution >= 4 is 5.91 Å². The predicted molar refractivity (Wildman–Crippen MR) is 75.8 cm³/mol. The summed E-state index contributed by atoms with van der Waals surface area (Å²) in [6.45, 7) is 8.99. The number of hydrogen-bond donors (Lipinski definition) is 1. The van der Waals surface area contributed by atoms with Crippen LogP contribution in [0.4, 0.5) is 0 Å². The van der Waals surface area contributed by atoms with E-state index in [0.29, 0.717) is 5.92 Å². The highest BCUT2D eigenvalue weighted by molar-refractivity contribution is 5.94. The number of aryl methyl sites for hydroxylation is 1. The lowest BCUT2D eigenvalue weighted by atomic mass is 10.0. The SMILES string of the molecule is CC.Cc1ccc(C(=O)NCC2CN(C)C2)cc1. The van der Waals surface area contributed by atoms with Crippen LogP contribution in [0.1, 0.15) is 29.8 Å². The summed E-state index contributed by atoms with van der Waals surface area (Å²) >= 11 is 0. The molecule has 1 fully saturated rings. The van der Waals surface area contributed by atoms with Crippen molar-refractivity contribution in [1.82, 2.24) is 10.2 Å². The van der Waals surface area contributed by atoms with Crippen LogP contribution in [0.5, 0.6) is 0 Å². The van der Waals surface area contributed by atoms with Gasteiger partial charge in [-0.1, -0.05) is 31.5 Å². The lowest BCUT2D eigenvalue weighted by Gasteiger charge is -2.36. The van der Waals surface area contributed by atoms with Crippen LogP contribution in [-0.2, 0) is 0 Å². The Balaban J connectivity index is 0.000000771. The molecule has 0 saturated carbocycles. The molecule has 0 atom stereocenters. The van der Waals surface area contributed by atoms with E-state index in [1.54, 1.807) is 0 Å². The van der Waals surface area contributed by atoms with Crippen LogP contribution in [0.25, 0.3) is 0 Å². The summed E-state index contributed by atoms with van der Waals surface area (Å²) < 4.78 is 0. The number of carbonyl (C=O) groups is 1. The van der Waals surface area contributed by atoms with Gasteiger partial charge in [0.15, 0.2) is 0 Å². The van der Waals surface area contributed by atoms with Crippen molar-refractivity contribution in [1.29, 1.82) is 0 Å². The molecule has 1 heterocycles. The van der Waals surface area contributed by atoms with Gasteiger partial charge in [0, 0.05) is 31.1 Å². The Kier molecular flexibility index (Phi) is 5.86. The maximum atomic E-state index is 11.8. The molecule has 1 aliphatic heterocycles. The molecule has 2 rings (SSSR count). The number of nitrogens with zero attached hydrogens (tertiary/aromatic N) is 1. The molecule has 1 N–H and O–H groups in total. The van der Waals surface area contributed by atoms with Gasteiger partial charge in [0.05, 0.1) is 0 Å².